The van der Waals surface area contributed by atoms with Crippen molar-refractivity contribution in [3.63, 3.8) is 0 Å². The number of rotatable bonds is 7. The van der Waals surface area contributed by atoms with Crippen molar-refractivity contribution < 1.29 is 4.74 Å². The first-order chi connectivity index (χ1) is 12.6. The molecule has 0 amide bonds. The van der Waals surface area contributed by atoms with E-state index in [0.29, 0.717) is 12.1 Å². The molecule has 0 aliphatic heterocycles. The molecule has 7 unspecified atom stereocenters. The predicted molar refractivity (Wildman–Crippen MR) is 112 cm³/mol. The van der Waals surface area contributed by atoms with E-state index in [0.717, 1.165) is 28.9 Å². The van der Waals surface area contributed by atoms with Gasteiger partial charge in [-0.2, -0.15) is 0 Å². The molecule has 2 nitrogen and oxygen atoms in total. The molecule has 0 aromatic carbocycles. The molecule has 1 N–H and O–H groups in total. The molecule has 4 rings (SSSR count). The molecule has 26 heavy (non-hydrogen) atoms. The first-order valence-electron chi connectivity index (χ1n) is 11.0. The number of ether oxygens (including phenoxy) is 1. The third-order valence-electron chi connectivity index (χ3n) is 7.50. The maximum absolute atomic E-state index is 5.56. The number of hydrogen-bond donors (Lipinski definition) is 1. The highest BCUT2D eigenvalue weighted by molar-refractivity contribution is 7.98. The molecular weight excluding hydrogens is 338 g/mol. The normalized spacial score (nSPS) is 42.2. The molecular formula is C23H37NOS. The third-order valence-corrected chi connectivity index (χ3v) is 8.94. The van der Waals surface area contributed by atoms with Crippen molar-refractivity contribution in [2.24, 2.45) is 23.7 Å². The Bertz CT molecular complexity index is 583. The van der Waals surface area contributed by atoms with Crippen LogP contribution in [0.3, 0.4) is 0 Å². The Morgan fingerprint density at radius 3 is 2.65 bits per heavy atom. The second-order valence-corrected chi connectivity index (χ2v) is 10.4. The average molecular weight is 376 g/mol. The lowest BCUT2D eigenvalue weighted by Gasteiger charge is -2.38. The molecule has 2 saturated carbocycles. The van der Waals surface area contributed by atoms with Gasteiger partial charge in [-0.25, -0.2) is 0 Å². The van der Waals surface area contributed by atoms with Crippen molar-refractivity contribution >= 4 is 11.9 Å². The van der Waals surface area contributed by atoms with E-state index in [1.54, 1.807) is 16.7 Å². The van der Waals surface area contributed by atoms with Gasteiger partial charge in [-0.15, -0.1) is 0 Å². The fourth-order valence-corrected chi connectivity index (χ4v) is 7.06. The summed E-state index contributed by atoms with van der Waals surface area (Å²) in [5, 5.41) is 0.799. The molecule has 0 aromatic rings. The molecule has 0 aromatic heterocycles. The molecule has 0 spiro atoms. The van der Waals surface area contributed by atoms with E-state index in [-0.39, 0.29) is 0 Å². The first-order valence-corrected chi connectivity index (χ1v) is 11.9. The zero-order valence-electron chi connectivity index (χ0n) is 17.1. The van der Waals surface area contributed by atoms with Gasteiger partial charge in [0, 0.05) is 24.3 Å². The highest BCUT2D eigenvalue weighted by Crippen LogP contribution is 2.61. The van der Waals surface area contributed by atoms with Gasteiger partial charge in [-0.3, -0.25) is 4.72 Å². The van der Waals surface area contributed by atoms with Gasteiger partial charge >= 0.3 is 0 Å². The van der Waals surface area contributed by atoms with Crippen LogP contribution < -0.4 is 4.72 Å². The minimum absolute atomic E-state index is 0.484. The monoisotopic (exact) mass is 375 g/mol. The molecule has 0 saturated heterocycles. The Morgan fingerprint density at radius 2 is 1.96 bits per heavy atom. The Balaban J connectivity index is 1.20. The van der Waals surface area contributed by atoms with Crippen LogP contribution in [0.25, 0.3) is 0 Å². The summed E-state index contributed by atoms with van der Waals surface area (Å²) in [5.74, 6) is 3.38. The SMILES string of the molecule is CCCC1=CC2=C1C2C1CCC(SNC2CCC(OC)CC2C)C(C)C1. The number of hydrogen-bond acceptors (Lipinski definition) is 3. The van der Waals surface area contributed by atoms with Gasteiger partial charge in [-0.05, 0) is 79.4 Å². The van der Waals surface area contributed by atoms with Gasteiger partial charge in [0.2, 0.25) is 0 Å². The lowest BCUT2D eigenvalue weighted by Crippen LogP contribution is -2.40. The summed E-state index contributed by atoms with van der Waals surface area (Å²) in [4.78, 5) is 0. The molecule has 0 bridgehead atoms. The van der Waals surface area contributed by atoms with E-state index in [1.807, 2.05) is 7.11 Å². The summed E-state index contributed by atoms with van der Waals surface area (Å²) in [6.45, 7) is 7.19. The number of nitrogens with one attached hydrogen (secondary N) is 1. The molecule has 2 fully saturated rings. The summed E-state index contributed by atoms with van der Waals surface area (Å²) in [7, 11) is 1.86. The van der Waals surface area contributed by atoms with Crippen molar-refractivity contribution in [3.8, 4) is 0 Å². The molecule has 4 aliphatic carbocycles. The van der Waals surface area contributed by atoms with Gasteiger partial charge in [0.05, 0.1) is 6.10 Å². The van der Waals surface area contributed by atoms with Crippen LogP contribution in [0.4, 0.5) is 0 Å². The summed E-state index contributed by atoms with van der Waals surface area (Å²) in [6, 6.07) is 0.669. The topological polar surface area (TPSA) is 21.3 Å². The highest BCUT2D eigenvalue weighted by atomic mass is 32.2. The molecule has 146 valence electrons. The quantitative estimate of drug-likeness (QED) is 0.560. The minimum Gasteiger partial charge on any atom is -0.381 e. The highest BCUT2D eigenvalue weighted by Gasteiger charge is 2.49. The van der Waals surface area contributed by atoms with Crippen LogP contribution >= 0.6 is 11.9 Å². The van der Waals surface area contributed by atoms with Crippen molar-refractivity contribution in [2.75, 3.05) is 7.11 Å². The second-order valence-electron chi connectivity index (χ2n) is 9.35. The van der Waals surface area contributed by atoms with Crippen LogP contribution in [0, 0.1) is 23.7 Å². The van der Waals surface area contributed by atoms with Crippen LogP contribution in [0.15, 0.2) is 22.8 Å². The van der Waals surface area contributed by atoms with Crippen LogP contribution in [0.1, 0.15) is 72.1 Å². The summed E-state index contributed by atoms with van der Waals surface area (Å²) >= 11 is 2.07. The Kier molecular flexibility index (Phi) is 5.88. The van der Waals surface area contributed by atoms with E-state index < -0.39 is 0 Å². The van der Waals surface area contributed by atoms with Gasteiger partial charge in [0.15, 0.2) is 0 Å². The summed E-state index contributed by atoms with van der Waals surface area (Å²) < 4.78 is 9.43. The maximum Gasteiger partial charge on any atom is 0.0575 e. The van der Waals surface area contributed by atoms with Crippen LogP contribution in [-0.4, -0.2) is 24.5 Å². The van der Waals surface area contributed by atoms with E-state index in [4.69, 9.17) is 4.74 Å². The second kappa shape index (κ2) is 8.01. The van der Waals surface area contributed by atoms with Crippen LogP contribution in [0.5, 0.6) is 0 Å². The smallest absolute Gasteiger partial charge is 0.0575 e. The lowest BCUT2D eigenvalue weighted by molar-refractivity contribution is 0.0457. The van der Waals surface area contributed by atoms with E-state index in [1.165, 1.54) is 51.4 Å². The zero-order chi connectivity index (χ0) is 18.3. The Hall–Kier alpha value is -0.250. The maximum atomic E-state index is 5.56. The van der Waals surface area contributed by atoms with Gasteiger partial charge in [-0.1, -0.05) is 45.2 Å². The van der Waals surface area contributed by atoms with Crippen molar-refractivity contribution in [3.05, 3.63) is 22.8 Å². The van der Waals surface area contributed by atoms with Crippen molar-refractivity contribution in [1.82, 2.24) is 4.72 Å². The number of allylic oxidation sites excluding steroid dienone is 4. The average Bonchev–Trinajstić information content (AvgIpc) is 3.24. The molecule has 4 aliphatic rings. The standard InChI is InChI=1S/C23H37NOS/c1-5-6-16-13-19-22(16)23(19)17-7-10-21(15(3)11-17)26-24-20-9-8-18(25-4)12-14(20)2/h13-15,17-18,20-21,23-24H,5-12H2,1-4H3. The van der Waals surface area contributed by atoms with E-state index in [9.17, 15) is 0 Å². The third kappa shape index (κ3) is 3.69. The number of methoxy groups -OCH3 is 1. The Labute approximate surface area is 164 Å². The fourth-order valence-electron chi connectivity index (χ4n) is 5.76. The van der Waals surface area contributed by atoms with Gasteiger partial charge in [0.1, 0.15) is 0 Å². The minimum atomic E-state index is 0.484. The van der Waals surface area contributed by atoms with Gasteiger partial charge in [0.25, 0.3) is 0 Å². The molecule has 7 atom stereocenters. The van der Waals surface area contributed by atoms with E-state index in [2.05, 4.69) is 43.5 Å². The zero-order valence-corrected chi connectivity index (χ0v) is 17.9. The Morgan fingerprint density at radius 1 is 1.12 bits per heavy atom. The molecule has 0 heterocycles. The van der Waals surface area contributed by atoms with Crippen LogP contribution in [0.2, 0.25) is 0 Å². The van der Waals surface area contributed by atoms with Crippen LogP contribution in [-0.2, 0) is 4.74 Å². The van der Waals surface area contributed by atoms with Crippen molar-refractivity contribution in [1.29, 1.82) is 0 Å². The van der Waals surface area contributed by atoms with Gasteiger partial charge < -0.3 is 4.74 Å². The lowest BCUT2D eigenvalue weighted by atomic mass is 9.78. The molecule has 0 radical (unpaired) electrons. The predicted octanol–water partition coefficient (Wildman–Crippen LogP) is 5.90. The van der Waals surface area contributed by atoms with E-state index >= 15 is 0 Å². The van der Waals surface area contributed by atoms with Crippen molar-refractivity contribution in [2.45, 2.75) is 89.5 Å². The first kappa shape index (κ1) is 19.1. The molecule has 3 heteroatoms. The summed E-state index contributed by atoms with van der Waals surface area (Å²) in [5.41, 5.74) is 5.22. The largest absolute Gasteiger partial charge is 0.381 e. The fraction of sp³-hybridized carbons (Fsp3) is 0.826. The summed E-state index contributed by atoms with van der Waals surface area (Å²) in [6.07, 6.45) is 13.5.